The number of fused-ring (bicyclic) bond motifs is 5. The molecule has 4 aliphatic rings. The molecule has 10 nitrogen and oxygen atoms in total. The number of Topliss-reactive ketones (excluding diaryl/α,β-unsaturated/α-hetero) is 1. The van der Waals surface area contributed by atoms with Crippen molar-refractivity contribution in [2.45, 2.75) is 103 Å². The first kappa shape index (κ1) is 33.3. The number of esters is 2. The van der Waals surface area contributed by atoms with Gasteiger partial charge in [0.1, 0.15) is 12.2 Å². The second-order valence-electron chi connectivity index (χ2n) is 13.2. The molecule has 10 heteroatoms. The van der Waals surface area contributed by atoms with Gasteiger partial charge >= 0.3 is 11.9 Å². The van der Waals surface area contributed by atoms with Crippen LogP contribution in [0.25, 0.3) is 0 Å². The van der Waals surface area contributed by atoms with Crippen molar-refractivity contribution in [3.05, 3.63) is 47.6 Å². The summed E-state index contributed by atoms with van der Waals surface area (Å²) in [6.45, 7) is 9.43. The molecule has 43 heavy (non-hydrogen) atoms. The molecule has 9 unspecified atom stereocenters. The molecule has 4 N–H and O–H groups in total. The van der Waals surface area contributed by atoms with Crippen LogP contribution in [0.3, 0.4) is 0 Å². The van der Waals surface area contributed by atoms with Gasteiger partial charge in [0, 0.05) is 42.1 Å². The van der Waals surface area contributed by atoms with Gasteiger partial charge in [0.25, 0.3) is 0 Å². The van der Waals surface area contributed by atoms with Crippen LogP contribution < -0.4 is 0 Å². The molecular weight excluding hydrogens is 556 g/mol. The highest BCUT2D eigenvalue weighted by molar-refractivity contribution is 6.06. The molecule has 2 fully saturated rings. The minimum atomic E-state index is -2.26. The number of allylic oxidation sites excluding steroid dienone is 3. The van der Waals surface area contributed by atoms with E-state index in [1.54, 1.807) is 32.9 Å². The van der Waals surface area contributed by atoms with Gasteiger partial charge in [-0.05, 0) is 37.0 Å². The van der Waals surface area contributed by atoms with E-state index in [0.29, 0.717) is 0 Å². The van der Waals surface area contributed by atoms with Crippen molar-refractivity contribution in [1.29, 1.82) is 0 Å². The van der Waals surface area contributed by atoms with Crippen molar-refractivity contribution in [2.75, 3.05) is 6.61 Å². The van der Waals surface area contributed by atoms with Crippen molar-refractivity contribution in [2.24, 2.45) is 29.1 Å². The number of rotatable bonds is 11. The molecule has 0 aliphatic heterocycles. The standard InChI is InChI=1S/C33H46O10/c1-7-8-9-10-11-12-13-14-15-24(36)41-29-20(3)32(39)23-16-19(2)28(37)31(23,38)17-22(18-34)26(43-40)25(32)27-30(5,6)33(27,29)42-21(4)35/h12-17,20,23,25-27,29,34,38-40H,7-11,18H2,1-6H3. The highest BCUT2D eigenvalue weighted by Gasteiger charge is 2.89. The fourth-order valence-corrected chi connectivity index (χ4v) is 8.41. The Balaban J connectivity index is 1.77. The lowest BCUT2D eigenvalue weighted by molar-refractivity contribution is -0.313. The molecule has 0 aromatic rings. The zero-order chi connectivity index (χ0) is 32.0. The minimum absolute atomic E-state index is 0.00106. The summed E-state index contributed by atoms with van der Waals surface area (Å²) in [5.74, 6) is -6.16. The number of aliphatic hydroxyl groups is 3. The summed E-state index contributed by atoms with van der Waals surface area (Å²) < 4.78 is 12.0. The van der Waals surface area contributed by atoms with E-state index in [1.165, 1.54) is 32.4 Å². The molecular formula is C33H46O10. The van der Waals surface area contributed by atoms with Gasteiger partial charge < -0.3 is 24.8 Å². The van der Waals surface area contributed by atoms with Crippen LogP contribution in [0.15, 0.2) is 47.6 Å². The molecule has 0 spiro atoms. The number of ketones is 1. The molecule has 0 heterocycles. The van der Waals surface area contributed by atoms with Crippen LogP contribution in [-0.4, -0.2) is 73.9 Å². The van der Waals surface area contributed by atoms with Gasteiger partial charge in [0.15, 0.2) is 17.0 Å². The van der Waals surface area contributed by atoms with E-state index in [9.17, 15) is 35.0 Å². The number of carbonyl (C=O) groups excluding carboxylic acids is 3. The van der Waals surface area contributed by atoms with Crippen molar-refractivity contribution < 1.29 is 49.3 Å². The molecule has 4 rings (SSSR count). The zero-order valence-corrected chi connectivity index (χ0v) is 25.9. The fourth-order valence-electron chi connectivity index (χ4n) is 8.41. The smallest absolute Gasteiger partial charge is 0.331 e. The molecule has 4 aliphatic carbocycles. The monoisotopic (exact) mass is 602 g/mol. The Kier molecular flexibility index (Phi) is 9.32. The molecule has 0 saturated heterocycles. The average molecular weight is 603 g/mol. The van der Waals surface area contributed by atoms with Crippen molar-refractivity contribution in [3.63, 3.8) is 0 Å². The summed E-state index contributed by atoms with van der Waals surface area (Å²) in [5.41, 5.74) is -6.43. The topological polar surface area (TPSA) is 160 Å². The van der Waals surface area contributed by atoms with Crippen LogP contribution >= 0.6 is 0 Å². The summed E-state index contributed by atoms with van der Waals surface area (Å²) in [5, 5.41) is 45.0. The summed E-state index contributed by atoms with van der Waals surface area (Å²) in [4.78, 5) is 43.9. The van der Waals surface area contributed by atoms with Gasteiger partial charge in [-0.15, -0.1) is 0 Å². The second kappa shape index (κ2) is 12.0. The lowest BCUT2D eigenvalue weighted by Gasteiger charge is -2.54. The predicted molar refractivity (Wildman–Crippen MR) is 156 cm³/mol. The zero-order valence-electron chi connectivity index (χ0n) is 25.9. The van der Waals surface area contributed by atoms with Crippen molar-refractivity contribution in [3.8, 4) is 0 Å². The third kappa shape index (κ3) is 5.05. The average Bonchev–Trinajstić information content (AvgIpc) is 3.35. The van der Waals surface area contributed by atoms with Gasteiger partial charge in [-0.25, -0.2) is 9.68 Å². The number of ether oxygens (including phenoxy) is 2. The molecule has 0 bridgehead atoms. The third-order valence-electron chi connectivity index (χ3n) is 10.4. The molecule has 0 amide bonds. The first-order valence-electron chi connectivity index (χ1n) is 15.2. The van der Waals surface area contributed by atoms with Crippen LogP contribution in [0, 0.1) is 29.1 Å². The molecule has 0 aromatic heterocycles. The number of hydrogen-bond donors (Lipinski definition) is 4. The van der Waals surface area contributed by atoms with E-state index in [0.717, 1.165) is 31.8 Å². The maximum atomic E-state index is 13.3. The van der Waals surface area contributed by atoms with Gasteiger partial charge in [-0.1, -0.05) is 71.3 Å². The second-order valence-corrected chi connectivity index (χ2v) is 13.2. The van der Waals surface area contributed by atoms with Crippen molar-refractivity contribution >= 4 is 17.7 Å². The largest absolute Gasteiger partial charge is 0.455 e. The molecule has 9 atom stereocenters. The first-order chi connectivity index (χ1) is 20.2. The van der Waals surface area contributed by atoms with E-state index in [1.807, 2.05) is 6.08 Å². The molecule has 2 saturated carbocycles. The van der Waals surface area contributed by atoms with Crippen LogP contribution in [0.4, 0.5) is 0 Å². The Morgan fingerprint density at radius 2 is 1.81 bits per heavy atom. The van der Waals surface area contributed by atoms with Gasteiger partial charge in [-0.2, -0.15) is 0 Å². The van der Waals surface area contributed by atoms with Crippen molar-refractivity contribution in [1.82, 2.24) is 0 Å². The van der Waals surface area contributed by atoms with Gasteiger partial charge in [0.05, 0.1) is 12.2 Å². The first-order valence-corrected chi connectivity index (χ1v) is 15.2. The van der Waals surface area contributed by atoms with E-state index < -0.39 is 82.4 Å². The lowest BCUT2D eigenvalue weighted by atomic mass is 9.58. The van der Waals surface area contributed by atoms with Crippen LogP contribution in [-0.2, 0) is 28.7 Å². The number of unbranched alkanes of at least 4 members (excludes halogenated alkanes) is 4. The SMILES string of the molecule is CCCCCCC=CC=CC(=O)OC1C(C)C2(O)C(C(OO)C(CO)=CC3(O)C(=O)C(C)=CC32)C2C(C)(C)C12OC(C)=O. The molecule has 0 radical (unpaired) electrons. The van der Waals surface area contributed by atoms with E-state index >= 15 is 0 Å². The Morgan fingerprint density at radius 1 is 1.12 bits per heavy atom. The number of aliphatic hydroxyl groups excluding tert-OH is 1. The Bertz CT molecular complexity index is 1250. The summed E-state index contributed by atoms with van der Waals surface area (Å²) >= 11 is 0. The van der Waals surface area contributed by atoms with Gasteiger partial charge in [0.2, 0.25) is 0 Å². The quantitative estimate of drug-likeness (QED) is 0.0523. The maximum Gasteiger partial charge on any atom is 0.331 e. The van der Waals surface area contributed by atoms with Crippen LogP contribution in [0.5, 0.6) is 0 Å². The highest BCUT2D eigenvalue weighted by atomic mass is 17.1. The Morgan fingerprint density at radius 3 is 2.42 bits per heavy atom. The summed E-state index contributed by atoms with van der Waals surface area (Å²) in [6, 6.07) is 0. The van der Waals surface area contributed by atoms with Crippen LogP contribution in [0.2, 0.25) is 0 Å². The molecule has 0 aromatic carbocycles. The lowest BCUT2D eigenvalue weighted by Crippen LogP contribution is -2.68. The van der Waals surface area contributed by atoms with Gasteiger partial charge in [-0.3, -0.25) is 14.8 Å². The minimum Gasteiger partial charge on any atom is -0.455 e. The number of carbonyl (C=O) groups is 3. The highest BCUT2D eigenvalue weighted by Crippen LogP contribution is 2.77. The normalized spacial score (nSPS) is 39.4. The predicted octanol–water partition coefficient (Wildman–Crippen LogP) is 3.60. The Labute approximate surface area is 253 Å². The summed E-state index contributed by atoms with van der Waals surface area (Å²) in [6.07, 6.45) is 12.0. The van der Waals surface area contributed by atoms with E-state index in [2.05, 4.69) is 6.92 Å². The number of hydrogen-bond acceptors (Lipinski definition) is 10. The summed E-state index contributed by atoms with van der Waals surface area (Å²) in [7, 11) is 0. The Hall–Kier alpha value is -2.63. The van der Waals surface area contributed by atoms with Crippen LogP contribution in [0.1, 0.15) is 73.6 Å². The molecule has 238 valence electrons. The third-order valence-corrected chi connectivity index (χ3v) is 10.4. The van der Waals surface area contributed by atoms with E-state index in [-0.39, 0.29) is 11.1 Å². The van der Waals surface area contributed by atoms with E-state index in [4.69, 9.17) is 14.4 Å². The maximum absolute atomic E-state index is 13.3. The fraction of sp³-hybridized carbons (Fsp3) is 0.667.